The third kappa shape index (κ3) is 4.43. The highest BCUT2D eigenvalue weighted by Gasteiger charge is 2.27. The maximum absolute atomic E-state index is 12.0. The lowest BCUT2D eigenvalue weighted by Crippen LogP contribution is -2.36. The van der Waals surface area contributed by atoms with Gasteiger partial charge < -0.3 is 9.47 Å². The van der Waals surface area contributed by atoms with Crippen LogP contribution in [-0.4, -0.2) is 31.2 Å². The molecule has 0 radical (unpaired) electrons. The van der Waals surface area contributed by atoms with Crippen LogP contribution in [0.1, 0.15) is 49.4 Å². The number of Topliss-reactive ketones (excluding diaryl/α,β-unsaturated/α-hetero) is 1. The molecule has 3 heteroatoms. The number of hydrogen-bond acceptors (Lipinski definition) is 3. The topological polar surface area (TPSA) is 35.5 Å². The summed E-state index contributed by atoms with van der Waals surface area (Å²) in [5.74, 6) is 0.0467. The molecule has 0 heterocycles. The van der Waals surface area contributed by atoms with Gasteiger partial charge in [-0.1, -0.05) is 50.1 Å². The molecule has 20 heavy (non-hydrogen) atoms. The van der Waals surface area contributed by atoms with Crippen LogP contribution >= 0.6 is 0 Å². The van der Waals surface area contributed by atoms with Crippen molar-refractivity contribution in [2.24, 2.45) is 0 Å². The molecule has 1 aromatic carbocycles. The quantitative estimate of drug-likeness (QED) is 0.713. The van der Waals surface area contributed by atoms with E-state index in [-0.39, 0.29) is 24.6 Å². The summed E-state index contributed by atoms with van der Waals surface area (Å²) in [6.45, 7) is 3.04. The minimum atomic E-state index is 0.0467. The van der Waals surface area contributed by atoms with Crippen LogP contribution < -0.4 is 0 Å². The Bertz CT molecular complexity index is 402. The second-order valence-electron chi connectivity index (χ2n) is 5.33. The summed E-state index contributed by atoms with van der Waals surface area (Å²) < 4.78 is 11.7. The number of ether oxygens (including phenoxy) is 2. The van der Waals surface area contributed by atoms with Gasteiger partial charge in [0.1, 0.15) is 6.61 Å². The molecule has 2 unspecified atom stereocenters. The SMILES string of the molecule is CCCOC1CCCCC1OCC(=O)c1ccccc1. The third-order valence-corrected chi connectivity index (χ3v) is 3.70. The first kappa shape index (κ1) is 15.2. The lowest BCUT2D eigenvalue weighted by atomic mass is 9.94. The molecule has 1 fully saturated rings. The predicted molar refractivity (Wildman–Crippen MR) is 79.0 cm³/mol. The second-order valence-corrected chi connectivity index (χ2v) is 5.33. The highest BCUT2D eigenvalue weighted by Crippen LogP contribution is 2.24. The number of ketones is 1. The monoisotopic (exact) mass is 276 g/mol. The zero-order valence-corrected chi connectivity index (χ0v) is 12.2. The Balaban J connectivity index is 1.83. The van der Waals surface area contributed by atoms with Gasteiger partial charge in [-0.15, -0.1) is 0 Å². The minimum absolute atomic E-state index is 0.0467. The molecule has 0 N–H and O–H groups in total. The summed E-state index contributed by atoms with van der Waals surface area (Å²) in [6.07, 6.45) is 5.65. The summed E-state index contributed by atoms with van der Waals surface area (Å²) in [5.41, 5.74) is 0.717. The van der Waals surface area contributed by atoms with Crippen molar-refractivity contribution in [3.8, 4) is 0 Å². The van der Waals surface area contributed by atoms with E-state index < -0.39 is 0 Å². The molecule has 0 bridgehead atoms. The summed E-state index contributed by atoms with van der Waals surface area (Å²) >= 11 is 0. The second kappa shape index (κ2) is 8.18. The van der Waals surface area contributed by atoms with E-state index in [0.717, 1.165) is 32.3 Å². The molecule has 1 aliphatic rings. The van der Waals surface area contributed by atoms with Crippen molar-refractivity contribution in [3.63, 3.8) is 0 Å². The van der Waals surface area contributed by atoms with E-state index in [2.05, 4.69) is 6.92 Å². The Morgan fingerprint density at radius 3 is 2.40 bits per heavy atom. The molecular formula is C17H24O3. The van der Waals surface area contributed by atoms with Crippen molar-refractivity contribution < 1.29 is 14.3 Å². The van der Waals surface area contributed by atoms with Gasteiger partial charge in [-0.3, -0.25) is 4.79 Å². The summed E-state index contributed by atoms with van der Waals surface area (Å²) in [7, 11) is 0. The lowest BCUT2D eigenvalue weighted by molar-refractivity contribution is -0.0862. The van der Waals surface area contributed by atoms with E-state index in [4.69, 9.17) is 9.47 Å². The van der Waals surface area contributed by atoms with Crippen molar-refractivity contribution in [2.75, 3.05) is 13.2 Å². The van der Waals surface area contributed by atoms with E-state index in [9.17, 15) is 4.79 Å². The Hall–Kier alpha value is -1.19. The average molecular weight is 276 g/mol. The van der Waals surface area contributed by atoms with Gasteiger partial charge in [0.05, 0.1) is 12.2 Å². The van der Waals surface area contributed by atoms with Crippen LogP contribution in [0.25, 0.3) is 0 Å². The largest absolute Gasteiger partial charge is 0.376 e. The van der Waals surface area contributed by atoms with Crippen LogP contribution in [0.4, 0.5) is 0 Å². The number of hydrogen-bond donors (Lipinski definition) is 0. The Labute approximate surface area is 121 Å². The first-order valence-electron chi connectivity index (χ1n) is 7.62. The van der Waals surface area contributed by atoms with Gasteiger partial charge in [-0.05, 0) is 19.3 Å². The van der Waals surface area contributed by atoms with Crippen LogP contribution in [0.15, 0.2) is 30.3 Å². The Morgan fingerprint density at radius 1 is 1.10 bits per heavy atom. The lowest BCUT2D eigenvalue weighted by Gasteiger charge is -2.31. The minimum Gasteiger partial charge on any atom is -0.376 e. The third-order valence-electron chi connectivity index (χ3n) is 3.70. The van der Waals surface area contributed by atoms with E-state index in [1.54, 1.807) is 0 Å². The van der Waals surface area contributed by atoms with Crippen LogP contribution in [0.3, 0.4) is 0 Å². The average Bonchev–Trinajstić information content (AvgIpc) is 2.52. The standard InChI is InChI=1S/C17H24O3/c1-2-12-19-16-10-6-7-11-17(16)20-13-15(18)14-8-4-3-5-9-14/h3-5,8-9,16-17H,2,6-7,10-13H2,1H3. The smallest absolute Gasteiger partial charge is 0.188 e. The zero-order valence-electron chi connectivity index (χ0n) is 12.2. The molecule has 1 aromatic rings. The van der Waals surface area contributed by atoms with Gasteiger partial charge in [0.15, 0.2) is 5.78 Å². The van der Waals surface area contributed by atoms with E-state index in [1.165, 1.54) is 6.42 Å². The molecule has 110 valence electrons. The van der Waals surface area contributed by atoms with Crippen LogP contribution in [0, 0.1) is 0 Å². The molecule has 2 rings (SSSR count). The first-order valence-corrected chi connectivity index (χ1v) is 7.62. The summed E-state index contributed by atoms with van der Waals surface area (Å²) in [6, 6.07) is 9.32. The predicted octanol–water partition coefficient (Wildman–Crippen LogP) is 3.62. The highest BCUT2D eigenvalue weighted by atomic mass is 16.5. The molecule has 1 aliphatic carbocycles. The number of carbonyl (C=O) groups is 1. The maximum Gasteiger partial charge on any atom is 0.188 e. The van der Waals surface area contributed by atoms with Crippen LogP contribution in [0.5, 0.6) is 0 Å². The van der Waals surface area contributed by atoms with Gasteiger partial charge in [-0.2, -0.15) is 0 Å². The Morgan fingerprint density at radius 2 is 1.75 bits per heavy atom. The molecule has 1 saturated carbocycles. The first-order chi connectivity index (χ1) is 9.81. The van der Waals surface area contributed by atoms with Gasteiger partial charge in [-0.25, -0.2) is 0 Å². The molecule has 0 spiro atoms. The van der Waals surface area contributed by atoms with E-state index >= 15 is 0 Å². The van der Waals surface area contributed by atoms with Gasteiger partial charge in [0.25, 0.3) is 0 Å². The number of benzene rings is 1. The van der Waals surface area contributed by atoms with Crippen LogP contribution in [-0.2, 0) is 9.47 Å². The highest BCUT2D eigenvalue weighted by molar-refractivity contribution is 5.97. The van der Waals surface area contributed by atoms with Crippen LogP contribution in [0.2, 0.25) is 0 Å². The number of carbonyl (C=O) groups excluding carboxylic acids is 1. The van der Waals surface area contributed by atoms with Gasteiger partial charge >= 0.3 is 0 Å². The molecular weight excluding hydrogens is 252 g/mol. The van der Waals surface area contributed by atoms with Crippen molar-refractivity contribution in [3.05, 3.63) is 35.9 Å². The zero-order chi connectivity index (χ0) is 14.2. The van der Waals surface area contributed by atoms with Gasteiger partial charge in [0, 0.05) is 12.2 Å². The fraction of sp³-hybridized carbons (Fsp3) is 0.588. The molecule has 0 amide bonds. The van der Waals surface area contributed by atoms with Gasteiger partial charge in [0.2, 0.25) is 0 Å². The van der Waals surface area contributed by atoms with E-state index in [1.807, 2.05) is 30.3 Å². The molecule has 2 atom stereocenters. The van der Waals surface area contributed by atoms with E-state index in [0.29, 0.717) is 5.56 Å². The fourth-order valence-electron chi connectivity index (χ4n) is 2.60. The molecule has 0 aromatic heterocycles. The van der Waals surface area contributed by atoms with Crippen molar-refractivity contribution in [2.45, 2.75) is 51.2 Å². The summed E-state index contributed by atoms with van der Waals surface area (Å²) in [5, 5.41) is 0. The van der Waals surface area contributed by atoms with Crippen molar-refractivity contribution in [1.82, 2.24) is 0 Å². The maximum atomic E-state index is 12.0. The summed E-state index contributed by atoms with van der Waals surface area (Å²) in [4.78, 5) is 12.0. The fourth-order valence-corrected chi connectivity index (χ4v) is 2.60. The Kier molecular flexibility index (Phi) is 6.22. The van der Waals surface area contributed by atoms with Crippen molar-refractivity contribution >= 4 is 5.78 Å². The molecule has 3 nitrogen and oxygen atoms in total. The normalized spacial score (nSPS) is 22.6. The molecule has 0 aliphatic heterocycles. The van der Waals surface area contributed by atoms with Crippen molar-refractivity contribution in [1.29, 1.82) is 0 Å². The molecule has 0 saturated heterocycles. The number of rotatable bonds is 7.